The highest BCUT2D eigenvalue weighted by molar-refractivity contribution is 6.03. The molecule has 0 saturated carbocycles. The number of aromatic hydroxyl groups is 1. The third kappa shape index (κ3) is 3.14. The lowest BCUT2D eigenvalue weighted by Gasteiger charge is -2.23. The SMILES string of the molecule is CC1Nc2ccc(N3CCCC3)cc2C(=O)CC1c1cc(O)cc(F)c1. The van der Waals surface area contributed by atoms with Gasteiger partial charge in [-0.05, 0) is 55.7 Å². The molecule has 2 heterocycles. The molecule has 2 aromatic carbocycles. The molecule has 0 aliphatic carbocycles. The molecule has 0 aromatic heterocycles. The summed E-state index contributed by atoms with van der Waals surface area (Å²) < 4.78 is 13.7. The zero-order valence-electron chi connectivity index (χ0n) is 14.8. The number of anilines is 2. The maximum Gasteiger partial charge on any atom is 0.165 e. The Balaban J connectivity index is 1.67. The van der Waals surface area contributed by atoms with Crippen molar-refractivity contribution in [1.29, 1.82) is 0 Å². The Morgan fingerprint density at radius 1 is 1.15 bits per heavy atom. The largest absolute Gasteiger partial charge is 0.508 e. The number of fused-ring (bicyclic) bond motifs is 1. The molecule has 1 saturated heterocycles. The second-order valence-corrected chi connectivity index (χ2v) is 7.33. The van der Waals surface area contributed by atoms with Crippen LogP contribution in [0, 0.1) is 5.82 Å². The Kier molecular flexibility index (Phi) is 4.31. The van der Waals surface area contributed by atoms with Gasteiger partial charge < -0.3 is 15.3 Å². The third-order valence-corrected chi connectivity index (χ3v) is 5.50. The summed E-state index contributed by atoms with van der Waals surface area (Å²) in [6.45, 7) is 4.05. The van der Waals surface area contributed by atoms with E-state index >= 15 is 0 Å². The van der Waals surface area contributed by atoms with E-state index in [9.17, 15) is 14.3 Å². The lowest BCUT2D eigenvalue weighted by atomic mass is 9.87. The zero-order chi connectivity index (χ0) is 18.3. The van der Waals surface area contributed by atoms with Gasteiger partial charge >= 0.3 is 0 Å². The Bertz CT molecular complexity index is 826. The van der Waals surface area contributed by atoms with Crippen LogP contribution in [-0.2, 0) is 0 Å². The smallest absolute Gasteiger partial charge is 0.165 e. The molecule has 136 valence electrons. The molecule has 2 N–H and O–H groups in total. The Morgan fingerprint density at radius 2 is 1.92 bits per heavy atom. The first-order valence-corrected chi connectivity index (χ1v) is 9.19. The van der Waals surface area contributed by atoms with Crippen molar-refractivity contribution in [2.24, 2.45) is 0 Å². The molecule has 4 rings (SSSR count). The van der Waals surface area contributed by atoms with E-state index in [2.05, 4.69) is 16.3 Å². The fourth-order valence-electron chi connectivity index (χ4n) is 4.11. The predicted molar refractivity (Wildman–Crippen MR) is 101 cm³/mol. The number of carbonyl (C=O) groups excluding carboxylic acids is 1. The van der Waals surface area contributed by atoms with E-state index in [1.165, 1.54) is 18.9 Å². The van der Waals surface area contributed by atoms with Gasteiger partial charge in [0.05, 0.1) is 0 Å². The van der Waals surface area contributed by atoms with Gasteiger partial charge in [0.2, 0.25) is 0 Å². The molecule has 0 spiro atoms. The van der Waals surface area contributed by atoms with E-state index < -0.39 is 5.82 Å². The lowest BCUT2D eigenvalue weighted by Crippen LogP contribution is -2.23. The molecule has 4 nitrogen and oxygen atoms in total. The van der Waals surface area contributed by atoms with Gasteiger partial charge in [-0.25, -0.2) is 4.39 Å². The van der Waals surface area contributed by atoms with Crippen LogP contribution in [0.25, 0.3) is 0 Å². The van der Waals surface area contributed by atoms with Crippen molar-refractivity contribution in [2.75, 3.05) is 23.3 Å². The molecule has 26 heavy (non-hydrogen) atoms. The van der Waals surface area contributed by atoms with E-state index in [1.54, 1.807) is 6.07 Å². The number of halogens is 1. The van der Waals surface area contributed by atoms with Crippen molar-refractivity contribution in [3.05, 3.63) is 53.3 Å². The molecule has 2 aliphatic heterocycles. The van der Waals surface area contributed by atoms with Gasteiger partial charge in [-0.15, -0.1) is 0 Å². The average molecular weight is 354 g/mol. The van der Waals surface area contributed by atoms with Gasteiger partial charge in [0.25, 0.3) is 0 Å². The number of nitrogens with one attached hydrogen (secondary N) is 1. The second-order valence-electron chi connectivity index (χ2n) is 7.33. The molecule has 2 atom stereocenters. The van der Waals surface area contributed by atoms with Crippen LogP contribution >= 0.6 is 0 Å². The summed E-state index contributed by atoms with van der Waals surface area (Å²) in [7, 11) is 0. The van der Waals surface area contributed by atoms with E-state index in [0.717, 1.165) is 30.5 Å². The van der Waals surface area contributed by atoms with Gasteiger partial charge in [0.15, 0.2) is 5.78 Å². The average Bonchev–Trinajstić information content (AvgIpc) is 3.09. The van der Waals surface area contributed by atoms with Gasteiger partial charge in [-0.3, -0.25) is 4.79 Å². The normalized spacial score (nSPS) is 22.7. The molecule has 1 fully saturated rings. The van der Waals surface area contributed by atoms with E-state index in [4.69, 9.17) is 0 Å². The first-order valence-electron chi connectivity index (χ1n) is 9.19. The highest BCUT2D eigenvalue weighted by Gasteiger charge is 2.30. The van der Waals surface area contributed by atoms with Crippen LogP contribution in [0.4, 0.5) is 15.8 Å². The number of ketones is 1. The number of hydrogen-bond donors (Lipinski definition) is 2. The number of nitrogens with zero attached hydrogens (tertiary/aromatic N) is 1. The molecular weight excluding hydrogens is 331 g/mol. The van der Waals surface area contributed by atoms with Crippen LogP contribution in [0.2, 0.25) is 0 Å². The van der Waals surface area contributed by atoms with Crippen molar-refractivity contribution in [1.82, 2.24) is 0 Å². The monoisotopic (exact) mass is 354 g/mol. The molecule has 2 unspecified atom stereocenters. The highest BCUT2D eigenvalue weighted by atomic mass is 19.1. The maximum absolute atomic E-state index is 13.7. The van der Waals surface area contributed by atoms with Crippen LogP contribution in [0.15, 0.2) is 36.4 Å². The minimum Gasteiger partial charge on any atom is -0.508 e. The Hall–Kier alpha value is -2.56. The zero-order valence-corrected chi connectivity index (χ0v) is 14.8. The van der Waals surface area contributed by atoms with Crippen molar-refractivity contribution in [2.45, 2.75) is 38.1 Å². The number of Topliss-reactive ketones (excluding diaryl/α,β-unsaturated/α-hetero) is 1. The van der Waals surface area contributed by atoms with Gasteiger partial charge in [0, 0.05) is 54.5 Å². The predicted octanol–water partition coefficient (Wildman–Crippen LogP) is 4.30. The lowest BCUT2D eigenvalue weighted by molar-refractivity contribution is 0.0975. The minimum atomic E-state index is -0.488. The van der Waals surface area contributed by atoms with Crippen LogP contribution in [0.5, 0.6) is 5.75 Å². The number of phenolic OH excluding ortho intramolecular Hbond substituents is 1. The Labute approximate surface area is 152 Å². The summed E-state index contributed by atoms with van der Waals surface area (Å²) in [6, 6.07) is 9.99. The van der Waals surface area contributed by atoms with E-state index in [0.29, 0.717) is 11.1 Å². The third-order valence-electron chi connectivity index (χ3n) is 5.50. The van der Waals surface area contributed by atoms with Gasteiger partial charge in [-0.1, -0.05) is 0 Å². The first-order chi connectivity index (χ1) is 12.5. The summed E-state index contributed by atoms with van der Waals surface area (Å²) in [4.78, 5) is 15.3. The number of rotatable bonds is 2. The van der Waals surface area contributed by atoms with Crippen molar-refractivity contribution in [3.8, 4) is 5.75 Å². The maximum atomic E-state index is 13.7. The standard InChI is InChI=1S/C21H23FN2O2/c1-13-18(14-8-15(22)10-17(25)9-14)12-21(26)19-11-16(4-5-20(19)23-13)24-6-2-3-7-24/h4-5,8-11,13,18,23,25H,2-3,6-7,12H2,1H3. The second kappa shape index (κ2) is 6.63. The first kappa shape index (κ1) is 16.9. The molecule has 2 aliphatic rings. The van der Waals surface area contributed by atoms with E-state index in [-0.39, 0.29) is 29.9 Å². The number of benzene rings is 2. The van der Waals surface area contributed by atoms with Gasteiger partial charge in [-0.2, -0.15) is 0 Å². The quantitative estimate of drug-likeness (QED) is 0.844. The van der Waals surface area contributed by atoms with Crippen molar-refractivity contribution in [3.63, 3.8) is 0 Å². The van der Waals surface area contributed by atoms with Crippen molar-refractivity contribution < 1.29 is 14.3 Å². The molecule has 0 amide bonds. The van der Waals surface area contributed by atoms with E-state index in [1.807, 2.05) is 19.1 Å². The molecule has 2 aromatic rings. The summed E-state index contributed by atoms with van der Waals surface area (Å²) in [5.41, 5.74) is 3.26. The minimum absolute atomic E-state index is 0.0478. The number of carbonyl (C=O) groups is 1. The molecule has 0 bridgehead atoms. The fraction of sp³-hybridized carbons (Fsp3) is 0.381. The summed E-state index contributed by atoms with van der Waals surface area (Å²) in [5.74, 6) is -0.756. The molecule has 0 radical (unpaired) electrons. The fourth-order valence-corrected chi connectivity index (χ4v) is 4.11. The molecule has 5 heteroatoms. The van der Waals surface area contributed by atoms with Crippen LogP contribution in [-0.4, -0.2) is 30.0 Å². The number of hydrogen-bond acceptors (Lipinski definition) is 4. The summed E-state index contributed by atoms with van der Waals surface area (Å²) in [6.07, 6.45) is 2.66. The van der Waals surface area contributed by atoms with Crippen LogP contribution in [0.3, 0.4) is 0 Å². The highest BCUT2D eigenvalue weighted by Crippen LogP contribution is 2.36. The van der Waals surface area contributed by atoms with Crippen molar-refractivity contribution >= 4 is 17.2 Å². The molecular formula is C21H23FN2O2. The summed E-state index contributed by atoms with van der Waals surface area (Å²) in [5, 5.41) is 13.1. The van der Waals surface area contributed by atoms with Crippen LogP contribution < -0.4 is 10.2 Å². The summed E-state index contributed by atoms with van der Waals surface area (Å²) >= 11 is 0. The van der Waals surface area contributed by atoms with Gasteiger partial charge in [0.1, 0.15) is 11.6 Å². The van der Waals surface area contributed by atoms with Crippen LogP contribution in [0.1, 0.15) is 48.0 Å². The number of phenols is 1. The topological polar surface area (TPSA) is 52.6 Å². The Morgan fingerprint density at radius 3 is 2.65 bits per heavy atom.